The summed E-state index contributed by atoms with van der Waals surface area (Å²) in [4.78, 5) is 4.86. The Morgan fingerprint density at radius 2 is 1.52 bits per heavy atom. The highest BCUT2D eigenvalue weighted by molar-refractivity contribution is 6.30. The van der Waals surface area contributed by atoms with E-state index >= 15 is 0 Å². The lowest BCUT2D eigenvalue weighted by Gasteiger charge is -2.33. The van der Waals surface area contributed by atoms with Crippen LogP contribution in [0.3, 0.4) is 0 Å². The third-order valence-corrected chi connectivity index (χ3v) is 12.5. The highest BCUT2D eigenvalue weighted by Gasteiger charge is 2.27. The molecule has 0 unspecified atom stereocenters. The third-order valence-electron chi connectivity index (χ3n) is 12.2. The molecule has 0 atom stereocenters. The lowest BCUT2D eigenvalue weighted by molar-refractivity contribution is 0.498. The van der Waals surface area contributed by atoms with E-state index in [1.807, 2.05) is 12.1 Å². The largest absolute Gasteiger partial charge is 0.314 e. The number of rotatable bonds is 12. The molecule has 0 saturated carbocycles. The first kappa shape index (κ1) is 47.3. The molecule has 2 aliphatic rings. The number of allylic oxidation sites excluding steroid dienone is 16. The van der Waals surface area contributed by atoms with Crippen molar-refractivity contribution in [1.29, 1.82) is 0 Å². The van der Waals surface area contributed by atoms with Crippen LogP contribution in [0.1, 0.15) is 151 Å². The van der Waals surface area contributed by atoms with Gasteiger partial charge in [-0.3, -0.25) is 0 Å². The first-order chi connectivity index (χ1) is 28.7. The fourth-order valence-corrected chi connectivity index (χ4v) is 8.48. The maximum Gasteiger partial charge on any atom is 0.0540 e. The summed E-state index contributed by atoms with van der Waals surface area (Å²) in [7, 11) is 0. The Morgan fingerprint density at radius 1 is 0.803 bits per heavy atom. The van der Waals surface area contributed by atoms with E-state index in [4.69, 9.17) is 11.6 Å². The van der Waals surface area contributed by atoms with Crippen LogP contribution in [0.2, 0.25) is 5.02 Å². The smallest absolute Gasteiger partial charge is 0.0540 e. The van der Waals surface area contributed by atoms with Gasteiger partial charge in [0.1, 0.15) is 0 Å². The van der Waals surface area contributed by atoms with Crippen LogP contribution in [0.5, 0.6) is 0 Å². The van der Waals surface area contributed by atoms with Crippen LogP contribution in [0, 0.1) is 5.41 Å². The van der Waals surface area contributed by atoms with Gasteiger partial charge in [0.15, 0.2) is 0 Å². The number of nitrogens with zero attached hydrogens (tertiary/aromatic N) is 2. The zero-order valence-electron chi connectivity index (χ0n) is 40.1. The van der Waals surface area contributed by atoms with Gasteiger partial charge in [-0.05, 0) is 163 Å². The van der Waals surface area contributed by atoms with Crippen LogP contribution in [0.4, 0.5) is 17.1 Å². The fourth-order valence-electron chi connectivity index (χ4n) is 8.30. The van der Waals surface area contributed by atoms with Crippen molar-refractivity contribution >= 4 is 34.2 Å². The second-order valence-electron chi connectivity index (χ2n) is 19.9. The Bertz CT molecular complexity index is 2360. The van der Waals surface area contributed by atoms with Crippen molar-refractivity contribution in [2.24, 2.45) is 5.41 Å². The number of halogens is 1. The Kier molecular flexibility index (Phi) is 15.1. The van der Waals surface area contributed by atoms with E-state index in [0.29, 0.717) is 5.92 Å². The van der Waals surface area contributed by atoms with E-state index in [2.05, 4.69) is 229 Å². The predicted molar refractivity (Wildman–Crippen MR) is 271 cm³/mol. The molecule has 0 amide bonds. The van der Waals surface area contributed by atoms with Crippen LogP contribution in [0.25, 0.3) is 5.57 Å². The minimum Gasteiger partial charge on any atom is -0.314 e. The molecular weight excluding hydrogens is 760 g/mol. The van der Waals surface area contributed by atoms with Crippen molar-refractivity contribution in [2.75, 3.05) is 9.80 Å². The van der Waals surface area contributed by atoms with E-state index in [0.717, 1.165) is 58.3 Å². The molecule has 2 aliphatic carbocycles. The normalized spacial score (nSPS) is 15.9. The second-order valence-corrected chi connectivity index (χ2v) is 20.4. The van der Waals surface area contributed by atoms with E-state index in [1.165, 1.54) is 44.7 Å². The summed E-state index contributed by atoms with van der Waals surface area (Å²) < 4.78 is 0. The monoisotopic (exact) mass is 833 g/mol. The zero-order valence-corrected chi connectivity index (χ0v) is 40.9. The lowest BCUT2D eigenvalue weighted by atomic mass is 9.77. The van der Waals surface area contributed by atoms with Crippen LogP contribution >= 0.6 is 11.6 Å². The van der Waals surface area contributed by atoms with Crippen molar-refractivity contribution in [3.63, 3.8) is 0 Å². The van der Waals surface area contributed by atoms with Crippen molar-refractivity contribution in [3.8, 4) is 0 Å². The Balaban J connectivity index is 1.74. The SMILES string of the molecule is C\C=C(/C=C(C)\C=C(/C)N(C1=CCC=C(C(C)(C)C)C=C1C)c1cccc(Cl)c1)N(c1ccc(C(C)(C)CC)c(C(C)C)c1)c1ccc(C(C)(C)C)cc1C1=CC=CCC=C1. The molecule has 0 heterocycles. The Labute approximate surface area is 376 Å². The molecule has 0 aromatic heterocycles. The average molecular weight is 834 g/mol. The number of benzene rings is 3. The minimum atomic E-state index is -0.0110. The molecule has 0 fully saturated rings. The molecule has 322 valence electrons. The number of hydrogen-bond donors (Lipinski definition) is 0. The van der Waals surface area contributed by atoms with Crippen LogP contribution < -0.4 is 9.80 Å². The van der Waals surface area contributed by atoms with Gasteiger partial charge >= 0.3 is 0 Å². The highest BCUT2D eigenvalue weighted by Crippen LogP contribution is 2.43. The quantitative estimate of drug-likeness (QED) is 0.168. The lowest BCUT2D eigenvalue weighted by Crippen LogP contribution is -2.22. The van der Waals surface area contributed by atoms with E-state index < -0.39 is 0 Å². The van der Waals surface area contributed by atoms with Gasteiger partial charge in [0.25, 0.3) is 0 Å². The molecule has 61 heavy (non-hydrogen) atoms. The van der Waals surface area contributed by atoms with E-state index in [9.17, 15) is 0 Å². The summed E-state index contributed by atoms with van der Waals surface area (Å²) in [5, 5.41) is 0.718. The van der Waals surface area contributed by atoms with Crippen LogP contribution in [0.15, 0.2) is 161 Å². The summed E-state index contributed by atoms with van der Waals surface area (Å²) in [5.41, 5.74) is 17.1. The molecular formula is C58H73ClN2. The molecule has 0 aliphatic heterocycles. The Morgan fingerprint density at radius 3 is 2.16 bits per heavy atom. The summed E-state index contributed by atoms with van der Waals surface area (Å²) in [6, 6.07) is 22.5. The van der Waals surface area contributed by atoms with Crippen molar-refractivity contribution in [1.82, 2.24) is 0 Å². The van der Waals surface area contributed by atoms with Crippen molar-refractivity contribution < 1.29 is 0 Å². The third kappa shape index (κ3) is 11.4. The molecule has 0 saturated heterocycles. The molecule has 0 N–H and O–H groups in total. The predicted octanol–water partition coefficient (Wildman–Crippen LogP) is 18.0. The zero-order chi connectivity index (χ0) is 44.9. The van der Waals surface area contributed by atoms with Gasteiger partial charge in [-0.15, -0.1) is 0 Å². The molecule has 0 bridgehead atoms. The number of hydrogen-bond acceptors (Lipinski definition) is 2. The average Bonchev–Trinajstić information content (AvgIpc) is 3.58. The molecule has 0 radical (unpaired) electrons. The van der Waals surface area contributed by atoms with Gasteiger partial charge in [-0.25, -0.2) is 0 Å². The van der Waals surface area contributed by atoms with Gasteiger partial charge < -0.3 is 9.80 Å². The topological polar surface area (TPSA) is 6.48 Å². The molecule has 3 heteroatoms. The molecule has 2 nitrogen and oxygen atoms in total. The van der Waals surface area contributed by atoms with E-state index in [-0.39, 0.29) is 16.2 Å². The molecule has 3 aromatic carbocycles. The van der Waals surface area contributed by atoms with Gasteiger partial charge in [0, 0.05) is 39.1 Å². The maximum absolute atomic E-state index is 6.69. The Hall–Kier alpha value is -4.79. The van der Waals surface area contributed by atoms with Gasteiger partial charge in [0.05, 0.1) is 5.69 Å². The van der Waals surface area contributed by atoms with Crippen molar-refractivity contribution in [3.05, 3.63) is 189 Å². The maximum atomic E-state index is 6.69. The van der Waals surface area contributed by atoms with Gasteiger partial charge in [-0.2, -0.15) is 0 Å². The van der Waals surface area contributed by atoms with Crippen LogP contribution in [-0.2, 0) is 10.8 Å². The summed E-state index contributed by atoms with van der Waals surface area (Å²) in [6.07, 6.45) is 28.1. The first-order valence-corrected chi connectivity index (χ1v) is 22.8. The summed E-state index contributed by atoms with van der Waals surface area (Å²) >= 11 is 6.69. The molecule has 3 aromatic rings. The number of anilines is 3. The highest BCUT2D eigenvalue weighted by atomic mass is 35.5. The van der Waals surface area contributed by atoms with Crippen molar-refractivity contribution in [2.45, 2.75) is 140 Å². The summed E-state index contributed by atoms with van der Waals surface area (Å²) in [5.74, 6) is 0.364. The summed E-state index contributed by atoms with van der Waals surface area (Å²) in [6.45, 7) is 34.3. The standard InChI is InChI=1S/C58H73ClN2/c1-16-48(35-41(5)34-43(7)60(49-28-23-27-47(59)38-49)54-29-22-26-45(36-42(54)6)56(8,9)10)61(50-31-32-53(58(14,15)17-2)51(39-50)40(3)4)55-33-30-46(57(11,12)13)37-52(55)44-24-20-18-19-21-25-44/h16,18,20-21,23-40H,17,19,22H2,1-15H3/b41-35-,43-34+,48-16+. The minimum absolute atomic E-state index is 0.0110. The van der Waals surface area contributed by atoms with E-state index in [1.54, 1.807) is 0 Å². The molecule has 0 spiro atoms. The van der Waals surface area contributed by atoms with Gasteiger partial charge in [0.2, 0.25) is 0 Å². The van der Waals surface area contributed by atoms with Crippen LogP contribution in [-0.4, -0.2) is 0 Å². The first-order valence-electron chi connectivity index (χ1n) is 22.5. The second kappa shape index (κ2) is 19.5. The fraction of sp³-hybridized carbons (Fsp3) is 0.379. The van der Waals surface area contributed by atoms with Gasteiger partial charge in [-0.1, -0.05) is 161 Å². The molecule has 5 rings (SSSR count).